The lowest BCUT2D eigenvalue weighted by atomic mass is 9.85. The molecule has 0 bridgehead atoms. The van der Waals surface area contributed by atoms with E-state index < -0.39 is 0 Å². The summed E-state index contributed by atoms with van der Waals surface area (Å²) in [5.41, 5.74) is 8.34. The van der Waals surface area contributed by atoms with Gasteiger partial charge in [-0.05, 0) is 63.8 Å². The molecule has 18 heavy (non-hydrogen) atoms. The number of nitrogens with zero attached hydrogens (tertiary/aromatic N) is 1. The second-order valence-corrected chi connectivity index (χ2v) is 6.16. The Morgan fingerprint density at radius 1 is 1.44 bits per heavy atom. The van der Waals surface area contributed by atoms with Gasteiger partial charge in [0.25, 0.3) is 0 Å². The molecule has 2 N–H and O–H groups in total. The first-order valence-corrected chi connectivity index (χ1v) is 7.09. The maximum absolute atomic E-state index is 6.24. The quantitative estimate of drug-likeness (QED) is 0.906. The summed E-state index contributed by atoms with van der Waals surface area (Å²) in [4.78, 5) is 2.49. The predicted molar refractivity (Wildman–Crippen MR) is 79.4 cm³/mol. The van der Waals surface area contributed by atoms with Gasteiger partial charge < -0.3 is 10.6 Å². The predicted octanol–water partition coefficient (Wildman–Crippen LogP) is 3.60. The molecule has 1 fully saturated rings. The standard InChI is InChI=1S/C15H23ClN2/c1-11-13(16)5-4-6-14(11)18-10-8-12(7-9-17)15(18,2)3/h4-6,12H,7-10,17H2,1-3H3. The first-order valence-electron chi connectivity index (χ1n) is 6.71. The average molecular weight is 267 g/mol. The summed E-state index contributed by atoms with van der Waals surface area (Å²) < 4.78 is 0. The lowest BCUT2D eigenvalue weighted by Gasteiger charge is -2.38. The van der Waals surface area contributed by atoms with Crippen molar-refractivity contribution in [2.24, 2.45) is 11.7 Å². The Morgan fingerprint density at radius 3 is 2.83 bits per heavy atom. The molecular formula is C15H23ClN2. The van der Waals surface area contributed by atoms with Crippen molar-refractivity contribution < 1.29 is 0 Å². The highest BCUT2D eigenvalue weighted by Gasteiger charge is 2.41. The molecule has 2 rings (SSSR count). The van der Waals surface area contributed by atoms with Crippen molar-refractivity contribution in [3.8, 4) is 0 Å². The fraction of sp³-hybridized carbons (Fsp3) is 0.600. The van der Waals surface area contributed by atoms with Crippen molar-refractivity contribution in [2.75, 3.05) is 18.0 Å². The lowest BCUT2D eigenvalue weighted by molar-refractivity contribution is 0.348. The zero-order chi connectivity index (χ0) is 13.3. The van der Waals surface area contributed by atoms with Gasteiger partial charge in [0.2, 0.25) is 0 Å². The summed E-state index contributed by atoms with van der Waals surface area (Å²) in [6.45, 7) is 8.61. The lowest BCUT2D eigenvalue weighted by Crippen LogP contribution is -2.43. The first-order chi connectivity index (χ1) is 8.48. The first kappa shape index (κ1) is 13.7. The number of rotatable bonds is 3. The fourth-order valence-electron chi connectivity index (χ4n) is 3.16. The number of hydrogen-bond acceptors (Lipinski definition) is 2. The summed E-state index contributed by atoms with van der Waals surface area (Å²) in [6, 6.07) is 6.17. The van der Waals surface area contributed by atoms with E-state index in [1.807, 2.05) is 12.1 Å². The van der Waals surface area contributed by atoms with Gasteiger partial charge in [0.05, 0.1) is 0 Å². The molecule has 0 radical (unpaired) electrons. The SMILES string of the molecule is Cc1c(Cl)cccc1N1CCC(CCN)C1(C)C. The monoisotopic (exact) mass is 266 g/mol. The van der Waals surface area contributed by atoms with Crippen LogP contribution in [0.25, 0.3) is 0 Å². The van der Waals surface area contributed by atoms with Crippen LogP contribution in [-0.2, 0) is 0 Å². The van der Waals surface area contributed by atoms with Crippen LogP contribution in [0.5, 0.6) is 0 Å². The summed E-state index contributed by atoms with van der Waals surface area (Å²) in [6.07, 6.45) is 2.32. The molecule has 1 saturated heterocycles. The van der Waals surface area contributed by atoms with Crippen molar-refractivity contribution in [2.45, 2.75) is 39.2 Å². The molecule has 0 saturated carbocycles. The van der Waals surface area contributed by atoms with Crippen molar-refractivity contribution in [3.63, 3.8) is 0 Å². The third-order valence-corrected chi connectivity index (χ3v) is 4.85. The van der Waals surface area contributed by atoms with Crippen LogP contribution in [0.3, 0.4) is 0 Å². The zero-order valence-electron chi connectivity index (χ0n) is 11.5. The molecule has 1 heterocycles. The molecule has 1 unspecified atom stereocenters. The second-order valence-electron chi connectivity index (χ2n) is 5.75. The van der Waals surface area contributed by atoms with E-state index in [1.165, 1.54) is 17.7 Å². The van der Waals surface area contributed by atoms with Gasteiger partial charge in [-0.2, -0.15) is 0 Å². The molecule has 2 nitrogen and oxygen atoms in total. The van der Waals surface area contributed by atoms with Crippen molar-refractivity contribution in [3.05, 3.63) is 28.8 Å². The molecule has 0 aromatic heterocycles. The van der Waals surface area contributed by atoms with Crippen molar-refractivity contribution in [1.82, 2.24) is 0 Å². The van der Waals surface area contributed by atoms with E-state index in [4.69, 9.17) is 17.3 Å². The van der Waals surface area contributed by atoms with E-state index in [0.29, 0.717) is 5.92 Å². The molecule has 1 aromatic rings. The summed E-state index contributed by atoms with van der Waals surface area (Å²) in [7, 11) is 0. The Balaban J connectivity index is 2.32. The van der Waals surface area contributed by atoms with Crippen molar-refractivity contribution >= 4 is 17.3 Å². The fourth-order valence-corrected chi connectivity index (χ4v) is 3.33. The van der Waals surface area contributed by atoms with E-state index >= 15 is 0 Å². The summed E-state index contributed by atoms with van der Waals surface area (Å²) in [5.74, 6) is 0.667. The zero-order valence-corrected chi connectivity index (χ0v) is 12.3. The van der Waals surface area contributed by atoms with Crippen LogP contribution in [0.4, 0.5) is 5.69 Å². The molecular weight excluding hydrogens is 244 g/mol. The minimum Gasteiger partial charge on any atom is -0.366 e. The molecule has 3 heteroatoms. The van der Waals surface area contributed by atoms with E-state index in [0.717, 1.165) is 24.5 Å². The molecule has 1 aliphatic heterocycles. The van der Waals surface area contributed by atoms with Crippen LogP contribution in [0.1, 0.15) is 32.3 Å². The molecule has 100 valence electrons. The van der Waals surface area contributed by atoms with E-state index in [1.54, 1.807) is 0 Å². The highest BCUT2D eigenvalue weighted by molar-refractivity contribution is 6.31. The number of nitrogens with two attached hydrogens (primary N) is 1. The minimum absolute atomic E-state index is 0.162. The van der Waals surface area contributed by atoms with Crippen LogP contribution in [0.2, 0.25) is 5.02 Å². The molecule has 1 aliphatic rings. The Kier molecular flexibility index (Phi) is 3.88. The maximum atomic E-state index is 6.24. The third kappa shape index (κ3) is 2.24. The van der Waals surface area contributed by atoms with E-state index in [9.17, 15) is 0 Å². The van der Waals surface area contributed by atoms with Gasteiger partial charge in [-0.1, -0.05) is 17.7 Å². The molecule has 0 amide bonds. The van der Waals surface area contributed by atoms with Crippen LogP contribution in [0, 0.1) is 12.8 Å². The Labute approximate surface area is 115 Å². The molecule has 0 spiro atoms. The highest BCUT2D eigenvalue weighted by Crippen LogP contribution is 2.41. The highest BCUT2D eigenvalue weighted by atomic mass is 35.5. The summed E-state index contributed by atoms with van der Waals surface area (Å²) in [5, 5.41) is 0.852. The van der Waals surface area contributed by atoms with E-state index in [-0.39, 0.29) is 5.54 Å². The van der Waals surface area contributed by atoms with Crippen molar-refractivity contribution in [1.29, 1.82) is 0 Å². The smallest absolute Gasteiger partial charge is 0.0455 e. The van der Waals surface area contributed by atoms with Gasteiger partial charge in [0.1, 0.15) is 0 Å². The normalized spacial score (nSPS) is 22.5. The summed E-state index contributed by atoms with van der Waals surface area (Å²) >= 11 is 6.24. The van der Waals surface area contributed by atoms with Gasteiger partial charge >= 0.3 is 0 Å². The van der Waals surface area contributed by atoms with Crippen LogP contribution >= 0.6 is 11.6 Å². The average Bonchev–Trinajstić information content (AvgIpc) is 2.60. The second kappa shape index (κ2) is 5.10. The van der Waals surface area contributed by atoms with Gasteiger partial charge in [0.15, 0.2) is 0 Å². The minimum atomic E-state index is 0.162. The maximum Gasteiger partial charge on any atom is 0.0455 e. The van der Waals surface area contributed by atoms with Crippen LogP contribution < -0.4 is 10.6 Å². The number of halogens is 1. The Hall–Kier alpha value is -0.730. The van der Waals surface area contributed by atoms with Gasteiger partial charge in [-0.25, -0.2) is 0 Å². The number of anilines is 1. The third-order valence-electron chi connectivity index (χ3n) is 4.44. The number of hydrogen-bond donors (Lipinski definition) is 1. The van der Waals surface area contributed by atoms with Crippen LogP contribution in [-0.4, -0.2) is 18.6 Å². The Morgan fingerprint density at radius 2 is 2.17 bits per heavy atom. The van der Waals surface area contributed by atoms with E-state index in [2.05, 4.69) is 31.7 Å². The molecule has 1 aromatic carbocycles. The van der Waals surface area contributed by atoms with Crippen LogP contribution in [0.15, 0.2) is 18.2 Å². The van der Waals surface area contributed by atoms with Gasteiger partial charge in [0, 0.05) is 22.8 Å². The van der Waals surface area contributed by atoms with Gasteiger partial charge in [-0.15, -0.1) is 0 Å². The molecule has 1 atom stereocenters. The largest absolute Gasteiger partial charge is 0.366 e. The number of benzene rings is 1. The molecule has 0 aliphatic carbocycles. The topological polar surface area (TPSA) is 29.3 Å². The Bertz CT molecular complexity index is 429. The van der Waals surface area contributed by atoms with Gasteiger partial charge in [-0.3, -0.25) is 0 Å².